The fourth-order valence-electron chi connectivity index (χ4n) is 6.70. The Morgan fingerprint density at radius 2 is 1.70 bits per heavy atom. The van der Waals surface area contributed by atoms with Gasteiger partial charge in [0.25, 0.3) is 0 Å². The summed E-state index contributed by atoms with van der Waals surface area (Å²) in [6, 6.07) is 14.5. The van der Waals surface area contributed by atoms with Crippen LogP contribution in [0.2, 0.25) is 0 Å². The number of hydrogen-bond donors (Lipinski definition) is 3. The minimum Gasteiger partial charge on any atom is -0.462 e. The number of aliphatic hydroxyl groups excluding tert-OH is 1. The Bertz CT molecular complexity index is 1440. The Labute approximate surface area is 276 Å². The summed E-state index contributed by atoms with van der Waals surface area (Å²) >= 11 is 0. The number of aliphatic hydroxyl groups is 1. The van der Waals surface area contributed by atoms with Crippen LogP contribution in [0.4, 0.5) is 4.79 Å². The van der Waals surface area contributed by atoms with E-state index in [0.29, 0.717) is 19.4 Å². The van der Waals surface area contributed by atoms with Crippen molar-refractivity contribution in [2.75, 3.05) is 26.4 Å². The van der Waals surface area contributed by atoms with Crippen molar-refractivity contribution >= 4 is 23.9 Å². The molecule has 4 atom stereocenters. The minimum atomic E-state index is -0.949. The number of cyclic esters (lactones) is 1. The molecule has 3 aliphatic rings. The number of amides is 3. The fraction of sp³-hybridized carbons (Fsp3) is 0.514. The Morgan fingerprint density at radius 1 is 1.02 bits per heavy atom. The molecule has 0 saturated carbocycles. The van der Waals surface area contributed by atoms with Crippen LogP contribution in [0.5, 0.6) is 0 Å². The monoisotopic (exact) mass is 645 g/mol. The van der Waals surface area contributed by atoms with E-state index in [9.17, 15) is 24.3 Å². The summed E-state index contributed by atoms with van der Waals surface area (Å²) in [6.45, 7) is 6.32. The highest BCUT2D eigenvalue weighted by Gasteiger charge is 2.35. The zero-order valence-electron chi connectivity index (χ0n) is 27.6. The van der Waals surface area contributed by atoms with Crippen molar-refractivity contribution in [1.29, 1.82) is 0 Å². The average molecular weight is 646 g/mol. The topological polar surface area (TPSA) is 134 Å². The number of nitrogens with zero attached hydrogens (tertiary/aromatic N) is 1. The first kappa shape index (κ1) is 34.2. The third-order valence-corrected chi connectivity index (χ3v) is 9.58. The van der Waals surface area contributed by atoms with E-state index < -0.39 is 35.5 Å². The maximum Gasteiger partial charge on any atom is 0.407 e. The van der Waals surface area contributed by atoms with Crippen molar-refractivity contribution in [1.82, 2.24) is 15.5 Å². The van der Waals surface area contributed by atoms with Crippen LogP contribution < -0.4 is 10.6 Å². The number of hydrogen-bond acceptors (Lipinski definition) is 7. The van der Waals surface area contributed by atoms with Crippen molar-refractivity contribution in [3.63, 3.8) is 0 Å². The number of alkyl carbamates (subject to hydrolysis) is 1. The fourth-order valence-corrected chi connectivity index (χ4v) is 6.70. The minimum absolute atomic E-state index is 0.0231. The molecule has 5 rings (SSSR count). The molecule has 0 radical (unpaired) electrons. The van der Waals surface area contributed by atoms with E-state index in [1.165, 1.54) is 0 Å². The first-order valence-corrected chi connectivity index (χ1v) is 16.7. The van der Waals surface area contributed by atoms with Crippen LogP contribution in [0.1, 0.15) is 76.3 Å². The summed E-state index contributed by atoms with van der Waals surface area (Å²) in [5.74, 6) is -1.77. The molecule has 10 nitrogen and oxygen atoms in total. The van der Waals surface area contributed by atoms with Crippen molar-refractivity contribution in [2.45, 2.75) is 83.3 Å². The van der Waals surface area contributed by atoms with Gasteiger partial charge in [-0.25, -0.2) is 9.59 Å². The second kappa shape index (κ2) is 15.2. The molecule has 2 aromatic carbocycles. The Balaban J connectivity index is 1.24. The molecule has 1 aliphatic carbocycles. The number of likely N-dealkylation sites (tertiary alicyclic amines) is 1. The summed E-state index contributed by atoms with van der Waals surface area (Å²) in [4.78, 5) is 54.8. The number of ether oxygens (including phenoxy) is 2. The van der Waals surface area contributed by atoms with Crippen molar-refractivity contribution < 1.29 is 33.8 Å². The maximum atomic E-state index is 13.5. The lowest BCUT2D eigenvalue weighted by molar-refractivity contribution is -0.148. The molecular formula is C37H47N3O7. The van der Waals surface area contributed by atoms with E-state index in [-0.39, 0.29) is 56.4 Å². The molecule has 2 heterocycles. The van der Waals surface area contributed by atoms with Gasteiger partial charge in [0.15, 0.2) is 0 Å². The summed E-state index contributed by atoms with van der Waals surface area (Å²) in [7, 11) is 0. The molecule has 4 unspecified atom stereocenters. The molecule has 2 aromatic rings. The van der Waals surface area contributed by atoms with Crippen LogP contribution in [0.15, 0.2) is 60.7 Å². The van der Waals surface area contributed by atoms with Crippen LogP contribution in [-0.4, -0.2) is 78.4 Å². The molecule has 252 valence electrons. The van der Waals surface area contributed by atoms with Crippen LogP contribution >= 0.6 is 0 Å². The molecule has 1 saturated heterocycles. The molecular weight excluding hydrogens is 598 g/mol. The molecule has 0 aromatic heterocycles. The van der Waals surface area contributed by atoms with Gasteiger partial charge in [-0.2, -0.15) is 0 Å². The van der Waals surface area contributed by atoms with Gasteiger partial charge in [0, 0.05) is 18.9 Å². The quantitative estimate of drug-likeness (QED) is 0.306. The zero-order valence-corrected chi connectivity index (χ0v) is 27.6. The molecule has 1 fully saturated rings. The number of allylic oxidation sites excluding steroid dienone is 2. The number of carbonyl (C=O) groups excluding carboxylic acids is 4. The molecule has 0 spiro atoms. The number of fused-ring (bicyclic) bond motifs is 3. The van der Waals surface area contributed by atoms with E-state index in [0.717, 1.165) is 35.1 Å². The molecule has 3 amide bonds. The predicted molar refractivity (Wildman–Crippen MR) is 177 cm³/mol. The lowest BCUT2D eigenvalue weighted by Gasteiger charge is -2.33. The van der Waals surface area contributed by atoms with E-state index in [1.54, 1.807) is 4.90 Å². The van der Waals surface area contributed by atoms with E-state index in [2.05, 4.69) is 22.8 Å². The van der Waals surface area contributed by atoms with Crippen molar-refractivity contribution in [3.8, 4) is 11.1 Å². The van der Waals surface area contributed by atoms with Gasteiger partial charge in [-0.15, -0.1) is 0 Å². The highest BCUT2D eigenvalue weighted by molar-refractivity contribution is 5.87. The largest absolute Gasteiger partial charge is 0.462 e. The van der Waals surface area contributed by atoms with E-state index >= 15 is 0 Å². The second-order valence-corrected chi connectivity index (χ2v) is 13.8. The van der Waals surface area contributed by atoms with Gasteiger partial charge in [0.05, 0.1) is 24.6 Å². The summed E-state index contributed by atoms with van der Waals surface area (Å²) in [5, 5.41) is 15.4. The molecule has 2 aliphatic heterocycles. The van der Waals surface area contributed by atoms with Gasteiger partial charge in [0.1, 0.15) is 19.3 Å². The Morgan fingerprint density at radius 3 is 2.36 bits per heavy atom. The van der Waals surface area contributed by atoms with Gasteiger partial charge in [-0.1, -0.05) is 81.5 Å². The second-order valence-electron chi connectivity index (χ2n) is 13.8. The maximum absolute atomic E-state index is 13.5. The predicted octanol–water partition coefficient (Wildman–Crippen LogP) is 4.70. The highest BCUT2D eigenvalue weighted by atomic mass is 16.6. The first-order valence-electron chi connectivity index (χ1n) is 16.7. The van der Waals surface area contributed by atoms with Crippen LogP contribution in [-0.2, 0) is 23.9 Å². The molecule has 0 bridgehead atoms. The van der Waals surface area contributed by atoms with Crippen molar-refractivity contribution in [3.05, 3.63) is 71.8 Å². The number of rotatable bonds is 6. The smallest absolute Gasteiger partial charge is 0.407 e. The van der Waals surface area contributed by atoms with Crippen LogP contribution in [0.3, 0.4) is 0 Å². The van der Waals surface area contributed by atoms with E-state index in [4.69, 9.17) is 9.47 Å². The highest BCUT2D eigenvalue weighted by Crippen LogP contribution is 2.44. The number of nitrogens with one attached hydrogen (secondary N) is 2. The van der Waals surface area contributed by atoms with Gasteiger partial charge in [0.2, 0.25) is 11.8 Å². The lowest BCUT2D eigenvalue weighted by Crippen LogP contribution is -2.51. The Kier molecular flexibility index (Phi) is 11.0. The normalized spacial score (nSPS) is 23.8. The SMILES string of the molecule is CC(C)(C)C1COC(=O)C(NC(=O)OCC2c3ccccc3-c3ccccc32)CCC=CCC(CC(=O)N2CCCC2CO)C(=O)N1. The average Bonchev–Trinajstić information content (AvgIpc) is 3.66. The third kappa shape index (κ3) is 8.22. The number of benzene rings is 2. The molecule has 10 heteroatoms. The van der Waals surface area contributed by atoms with Crippen molar-refractivity contribution in [2.24, 2.45) is 11.3 Å². The first-order chi connectivity index (χ1) is 22.6. The Hall–Kier alpha value is -4.18. The third-order valence-electron chi connectivity index (χ3n) is 9.58. The van der Waals surface area contributed by atoms with Crippen LogP contribution in [0.25, 0.3) is 11.1 Å². The van der Waals surface area contributed by atoms with Gasteiger partial charge >= 0.3 is 12.1 Å². The zero-order chi connectivity index (χ0) is 33.6. The standard InChI is InChI=1S/C37H47N3O7/c1-37(2,3)32-23-46-35(44)31(18-6-4-5-12-24(34(43)39-32)20-33(42)40-19-11-13-25(40)21-41)38-36(45)47-22-30-28-16-9-7-14-26(28)27-15-8-10-17-29(27)30/h4-5,7-10,14-17,24-25,30-32,41H,6,11-13,18-23H2,1-3H3,(H,38,45)(H,39,43). The summed E-state index contributed by atoms with van der Waals surface area (Å²) < 4.78 is 11.4. The lowest BCUT2D eigenvalue weighted by atomic mass is 9.86. The molecule has 47 heavy (non-hydrogen) atoms. The van der Waals surface area contributed by atoms with Gasteiger partial charge in [-0.3, -0.25) is 9.59 Å². The van der Waals surface area contributed by atoms with E-state index in [1.807, 2.05) is 69.3 Å². The van der Waals surface area contributed by atoms with Crippen LogP contribution in [0, 0.1) is 11.3 Å². The number of esters is 1. The summed E-state index contributed by atoms with van der Waals surface area (Å²) in [6.07, 6.45) is 5.66. The number of carbonyl (C=O) groups is 4. The van der Waals surface area contributed by atoms with Gasteiger partial charge < -0.3 is 30.1 Å². The van der Waals surface area contributed by atoms with Gasteiger partial charge in [-0.05, 0) is 59.8 Å². The summed E-state index contributed by atoms with van der Waals surface area (Å²) in [5.41, 5.74) is 3.97. The molecule has 3 N–H and O–H groups in total.